The molecule has 3 nitrogen and oxygen atoms in total. The lowest BCUT2D eigenvalue weighted by Crippen LogP contribution is -2.09. The third kappa shape index (κ3) is 2.71. The molecule has 0 aliphatic rings. The molecule has 0 amide bonds. The molecule has 0 N–H and O–H groups in total. The highest BCUT2D eigenvalue weighted by Gasteiger charge is 2.16. The lowest BCUT2D eigenvalue weighted by molar-refractivity contribution is 0.0974. The molecule has 0 saturated heterocycles. The van der Waals surface area contributed by atoms with Crippen molar-refractivity contribution in [2.45, 2.75) is 20.4 Å². The van der Waals surface area contributed by atoms with Crippen LogP contribution in [0, 0.1) is 13.8 Å². The zero-order chi connectivity index (χ0) is 15.1. The number of nitrogens with zero attached hydrogens (tertiary/aromatic N) is 2. The average Bonchev–Trinajstić information content (AvgIpc) is 2.94. The third-order valence-electron chi connectivity index (χ3n) is 3.51. The van der Waals surface area contributed by atoms with Crippen LogP contribution < -0.4 is 0 Å². The standard InChI is InChI=1S/C15H12Cl2N2OS/c1-8-3-11-12(4-9(8)2)19(7-18-11)6-13(20)10-5-14(16)21-15(10)17/h3-5,7H,6H2,1-2H3. The van der Waals surface area contributed by atoms with E-state index >= 15 is 0 Å². The molecular weight excluding hydrogens is 327 g/mol. The number of rotatable bonds is 3. The van der Waals surface area contributed by atoms with Gasteiger partial charge in [0, 0.05) is 0 Å². The van der Waals surface area contributed by atoms with Crippen LogP contribution in [0.25, 0.3) is 11.0 Å². The fourth-order valence-electron chi connectivity index (χ4n) is 2.21. The van der Waals surface area contributed by atoms with Crippen LogP contribution in [0.3, 0.4) is 0 Å². The van der Waals surface area contributed by atoms with Gasteiger partial charge >= 0.3 is 0 Å². The van der Waals surface area contributed by atoms with E-state index in [9.17, 15) is 4.79 Å². The van der Waals surface area contributed by atoms with Gasteiger partial charge in [-0.15, -0.1) is 11.3 Å². The maximum Gasteiger partial charge on any atom is 0.184 e. The Hall–Kier alpha value is -1.36. The van der Waals surface area contributed by atoms with Crippen molar-refractivity contribution in [2.75, 3.05) is 0 Å². The number of fused-ring (bicyclic) bond motifs is 1. The smallest absolute Gasteiger partial charge is 0.184 e. The number of thiophene rings is 1. The van der Waals surface area contributed by atoms with E-state index in [-0.39, 0.29) is 12.3 Å². The quantitative estimate of drug-likeness (QED) is 0.636. The third-order valence-corrected chi connectivity index (χ3v) is 5.00. The minimum atomic E-state index is -0.0688. The van der Waals surface area contributed by atoms with Crippen molar-refractivity contribution >= 4 is 51.4 Å². The van der Waals surface area contributed by atoms with Crippen LogP contribution in [-0.4, -0.2) is 15.3 Å². The molecule has 6 heteroatoms. The van der Waals surface area contributed by atoms with Gasteiger partial charge in [-0.1, -0.05) is 23.2 Å². The van der Waals surface area contributed by atoms with Gasteiger partial charge in [0.1, 0.15) is 4.34 Å². The van der Waals surface area contributed by atoms with E-state index in [0.717, 1.165) is 11.0 Å². The summed E-state index contributed by atoms with van der Waals surface area (Å²) in [4.78, 5) is 16.7. The Bertz CT molecular complexity index is 851. The van der Waals surface area contributed by atoms with E-state index in [1.807, 2.05) is 30.5 Å². The van der Waals surface area contributed by atoms with E-state index in [4.69, 9.17) is 23.2 Å². The number of Topliss-reactive ketones (excluding diaryl/α,β-unsaturated/α-hetero) is 1. The number of aryl methyl sites for hydroxylation is 2. The Morgan fingerprint density at radius 3 is 2.62 bits per heavy atom. The number of hydrogen-bond acceptors (Lipinski definition) is 3. The van der Waals surface area contributed by atoms with Crippen molar-refractivity contribution in [3.63, 3.8) is 0 Å². The summed E-state index contributed by atoms with van der Waals surface area (Å²) in [5, 5.41) is 0. The van der Waals surface area contributed by atoms with Crippen LogP contribution >= 0.6 is 34.5 Å². The SMILES string of the molecule is Cc1cc2ncn(CC(=O)c3cc(Cl)sc3Cl)c2cc1C. The predicted octanol–water partition coefficient (Wildman–Crippen LogP) is 4.90. The van der Waals surface area contributed by atoms with Crippen LogP contribution in [0.4, 0.5) is 0 Å². The van der Waals surface area contributed by atoms with Crippen molar-refractivity contribution in [3.8, 4) is 0 Å². The van der Waals surface area contributed by atoms with Crippen LogP contribution in [-0.2, 0) is 6.54 Å². The Morgan fingerprint density at radius 2 is 1.95 bits per heavy atom. The Labute approximate surface area is 136 Å². The molecule has 2 heterocycles. The molecule has 0 radical (unpaired) electrons. The first-order valence-corrected chi connectivity index (χ1v) is 7.93. The minimum Gasteiger partial charge on any atom is -0.323 e. The molecule has 3 aromatic rings. The van der Waals surface area contributed by atoms with Gasteiger partial charge < -0.3 is 4.57 Å². The monoisotopic (exact) mass is 338 g/mol. The second-order valence-corrected chi connectivity index (χ2v) is 7.24. The normalized spacial score (nSPS) is 11.2. The zero-order valence-electron chi connectivity index (χ0n) is 11.5. The molecule has 21 heavy (non-hydrogen) atoms. The Morgan fingerprint density at radius 1 is 1.24 bits per heavy atom. The van der Waals surface area contributed by atoms with Crippen molar-refractivity contribution in [1.29, 1.82) is 0 Å². The Kier molecular flexibility index (Phi) is 3.78. The fraction of sp³-hybridized carbons (Fsp3) is 0.200. The molecule has 3 rings (SSSR count). The van der Waals surface area contributed by atoms with Gasteiger partial charge in [0.2, 0.25) is 0 Å². The fourth-order valence-corrected chi connectivity index (χ4v) is 3.71. The summed E-state index contributed by atoms with van der Waals surface area (Å²) < 4.78 is 2.79. The molecule has 0 spiro atoms. The van der Waals surface area contributed by atoms with Crippen LogP contribution in [0.5, 0.6) is 0 Å². The number of ketones is 1. The summed E-state index contributed by atoms with van der Waals surface area (Å²) in [6.45, 7) is 4.29. The lowest BCUT2D eigenvalue weighted by atomic mass is 10.1. The minimum absolute atomic E-state index is 0.0688. The first kappa shape index (κ1) is 14.6. The molecule has 108 valence electrons. The van der Waals surface area contributed by atoms with Gasteiger partial charge in [-0.25, -0.2) is 4.98 Å². The molecule has 0 unspecified atom stereocenters. The van der Waals surface area contributed by atoms with E-state index in [1.165, 1.54) is 22.5 Å². The molecule has 0 fully saturated rings. The number of aromatic nitrogens is 2. The number of halogens is 2. The highest BCUT2D eigenvalue weighted by Crippen LogP contribution is 2.31. The van der Waals surface area contributed by atoms with Gasteiger partial charge in [0.05, 0.1) is 33.8 Å². The van der Waals surface area contributed by atoms with Gasteiger partial charge in [0.15, 0.2) is 5.78 Å². The maximum atomic E-state index is 12.4. The molecule has 0 aliphatic carbocycles. The summed E-state index contributed by atoms with van der Waals surface area (Å²) in [6, 6.07) is 5.69. The maximum absolute atomic E-state index is 12.4. The van der Waals surface area contributed by atoms with Gasteiger partial charge in [-0.3, -0.25) is 4.79 Å². The first-order valence-electron chi connectivity index (χ1n) is 6.36. The van der Waals surface area contributed by atoms with E-state index in [0.29, 0.717) is 14.2 Å². The van der Waals surface area contributed by atoms with Crippen molar-refractivity contribution in [3.05, 3.63) is 49.9 Å². The molecule has 0 saturated carbocycles. The van der Waals surface area contributed by atoms with E-state index in [2.05, 4.69) is 4.98 Å². The van der Waals surface area contributed by atoms with E-state index < -0.39 is 0 Å². The second-order valence-electron chi connectivity index (χ2n) is 4.96. The van der Waals surface area contributed by atoms with Gasteiger partial charge in [0.25, 0.3) is 0 Å². The number of carbonyl (C=O) groups is 1. The largest absolute Gasteiger partial charge is 0.323 e. The van der Waals surface area contributed by atoms with Crippen molar-refractivity contribution in [2.24, 2.45) is 0 Å². The summed E-state index contributed by atoms with van der Waals surface area (Å²) in [5.41, 5.74) is 4.67. The highest BCUT2D eigenvalue weighted by molar-refractivity contribution is 7.20. The molecule has 0 bridgehead atoms. The second kappa shape index (κ2) is 5.44. The van der Waals surface area contributed by atoms with Crippen LogP contribution in [0.1, 0.15) is 21.5 Å². The predicted molar refractivity (Wildman–Crippen MR) is 87.9 cm³/mol. The topological polar surface area (TPSA) is 34.9 Å². The first-order chi connectivity index (χ1) is 9.95. The average molecular weight is 339 g/mol. The molecule has 1 aromatic carbocycles. The molecule has 2 aromatic heterocycles. The highest BCUT2D eigenvalue weighted by atomic mass is 35.5. The van der Waals surface area contributed by atoms with E-state index in [1.54, 1.807) is 12.4 Å². The summed E-state index contributed by atoms with van der Waals surface area (Å²) >= 11 is 13.1. The summed E-state index contributed by atoms with van der Waals surface area (Å²) in [6.07, 6.45) is 1.68. The van der Waals surface area contributed by atoms with Gasteiger partial charge in [-0.2, -0.15) is 0 Å². The lowest BCUT2D eigenvalue weighted by Gasteiger charge is -2.05. The van der Waals surface area contributed by atoms with Gasteiger partial charge in [-0.05, 0) is 43.2 Å². The molecule has 0 atom stereocenters. The van der Waals surface area contributed by atoms with Crippen LogP contribution in [0.2, 0.25) is 8.67 Å². The van der Waals surface area contributed by atoms with Crippen molar-refractivity contribution in [1.82, 2.24) is 9.55 Å². The number of carbonyl (C=O) groups excluding carboxylic acids is 1. The molecular formula is C15H12Cl2N2OS. The summed E-state index contributed by atoms with van der Waals surface area (Å²) in [5.74, 6) is -0.0688. The number of hydrogen-bond donors (Lipinski definition) is 0. The molecule has 0 aliphatic heterocycles. The zero-order valence-corrected chi connectivity index (χ0v) is 13.8. The Balaban J connectivity index is 1.97. The summed E-state index contributed by atoms with van der Waals surface area (Å²) in [7, 11) is 0. The number of imidazole rings is 1. The van der Waals surface area contributed by atoms with Crippen LogP contribution in [0.15, 0.2) is 24.5 Å². The number of benzene rings is 1. The van der Waals surface area contributed by atoms with Crippen molar-refractivity contribution < 1.29 is 4.79 Å².